The van der Waals surface area contributed by atoms with E-state index in [1.54, 1.807) is 23.1 Å². The van der Waals surface area contributed by atoms with Crippen LogP contribution in [0.15, 0.2) is 35.7 Å². The van der Waals surface area contributed by atoms with E-state index in [0.717, 1.165) is 24.6 Å². The number of sulfonamides is 1. The van der Waals surface area contributed by atoms with Gasteiger partial charge in [-0.1, -0.05) is 6.07 Å². The van der Waals surface area contributed by atoms with Gasteiger partial charge in [-0.3, -0.25) is 0 Å². The van der Waals surface area contributed by atoms with Gasteiger partial charge in [0.2, 0.25) is 10.0 Å². The Kier molecular flexibility index (Phi) is 5.59. The number of nitrogens with zero attached hydrogens (tertiary/aromatic N) is 1. The minimum absolute atomic E-state index is 0.138. The van der Waals surface area contributed by atoms with E-state index in [2.05, 4.69) is 6.07 Å². The van der Waals surface area contributed by atoms with E-state index in [1.807, 2.05) is 11.4 Å². The molecule has 1 aliphatic rings. The lowest BCUT2D eigenvalue weighted by atomic mass is 10.2. The maximum Gasteiger partial charge on any atom is 0.218 e. The fourth-order valence-corrected chi connectivity index (χ4v) is 6.60. The molecule has 130 valence electrons. The molecule has 24 heavy (non-hydrogen) atoms. The first kappa shape index (κ1) is 17.8. The lowest BCUT2D eigenvalue weighted by molar-refractivity contribution is 0.427. The Labute approximate surface area is 148 Å². The first-order valence-corrected chi connectivity index (χ1v) is 11.1. The molecular formula is C16H17F2NO2S3. The second kappa shape index (κ2) is 7.51. The van der Waals surface area contributed by atoms with Gasteiger partial charge in [0.05, 0.1) is 5.75 Å². The van der Waals surface area contributed by atoms with Crippen LogP contribution in [0.25, 0.3) is 0 Å². The first-order valence-electron chi connectivity index (χ1n) is 7.52. The molecule has 8 heteroatoms. The van der Waals surface area contributed by atoms with Gasteiger partial charge in [-0.05, 0) is 35.6 Å². The normalized spacial score (nSPS) is 20.0. The van der Waals surface area contributed by atoms with Gasteiger partial charge in [0.15, 0.2) is 0 Å². The van der Waals surface area contributed by atoms with Crippen molar-refractivity contribution in [3.05, 3.63) is 57.8 Å². The van der Waals surface area contributed by atoms with E-state index in [9.17, 15) is 17.2 Å². The molecule has 1 saturated heterocycles. The molecular weight excluding hydrogens is 372 g/mol. The third-order valence-corrected chi connectivity index (χ3v) is 8.12. The summed E-state index contributed by atoms with van der Waals surface area (Å²) in [6, 6.07) is 6.95. The average molecular weight is 390 g/mol. The molecule has 3 rings (SSSR count). The predicted octanol–water partition coefficient (Wildman–Crippen LogP) is 4.04. The Bertz CT molecular complexity index is 773. The topological polar surface area (TPSA) is 37.4 Å². The van der Waals surface area contributed by atoms with Crippen LogP contribution in [0.1, 0.15) is 22.1 Å². The van der Waals surface area contributed by atoms with Crippen LogP contribution in [0.2, 0.25) is 0 Å². The zero-order valence-electron chi connectivity index (χ0n) is 12.8. The van der Waals surface area contributed by atoms with E-state index in [0.29, 0.717) is 24.1 Å². The molecule has 0 N–H and O–H groups in total. The number of rotatable bonds is 4. The van der Waals surface area contributed by atoms with Crippen LogP contribution in [-0.2, 0) is 15.8 Å². The van der Waals surface area contributed by atoms with Crippen molar-refractivity contribution >= 4 is 33.1 Å². The molecule has 1 aliphatic heterocycles. The van der Waals surface area contributed by atoms with Gasteiger partial charge in [0.1, 0.15) is 11.6 Å². The molecule has 1 unspecified atom stereocenters. The largest absolute Gasteiger partial charge is 0.218 e. The number of thiophene rings is 1. The summed E-state index contributed by atoms with van der Waals surface area (Å²) in [5.41, 5.74) is 0.138. The van der Waals surface area contributed by atoms with Gasteiger partial charge in [-0.25, -0.2) is 21.5 Å². The van der Waals surface area contributed by atoms with Crippen LogP contribution >= 0.6 is 23.1 Å². The summed E-state index contributed by atoms with van der Waals surface area (Å²) in [4.78, 5) is 1.26. The second-order valence-electron chi connectivity index (χ2n) is 5.60. The van der Waals surface area contributed by atoms with Crippen molar-refractivity contribution < 1.29 is 17.2 Å². The van der Waals surface area contributed by atoms with Gasteiger partial charge < -0.3 is 0 Å². The quantitative estimate of drug-likeness (QED) is 0.792. The Hall–Kier alpha value is -0.960. The molecule has 0 bridgehead atoms. The zero-order chi connectivity index (χ0) is 17.2. The van der Waals surface area contributed by atoms with E-state index in [1.165, 1.54) is 9.18 Å². The Morgan fingerprint density at radius 1 is 1.17 bits per heavy atom. The summed E-state index contributed by atoms with van der Waals surface area (Å²) in [7, 11) is -3.60. The second-order valence-corrected chi connectivity index (χ2v) is 9.86. The van der Waals surface area contributed by atoms with Crippen molar-refractivity contribution in [1.82, 2.24) is 4.31 Å². The van der Waals surface area contributed by atoms with Crippen LogP contribution in [0.3, 0.4) is 0 Å². The first-order chi connectivity index (χ1) is 11.4. The minimum atomic E-state index is -3.60. The standard InChI is InChI=1S/C16H17F2NO2S3/c17-13-8-12(9-14(18)10-13)11-24(20,21)19-4-3-16(23-7-5-19)15-2-1-6-22-15/h1-2,6,8-10,16H,3-5,7,11H2. The summed E-state index contributed by atoms with van der Waals surface area (Å²) in [5, 5.41) is 2.32. The molecule has 1 atom stereocenters. The molecule has 2 heterocycles. The highest BCUT2D eigenvalue weighted by molar-refractivity contribution is 7.99. The monoisotopic (exact) mass is 389 g/mol. The van der Waals surface area contributed by atoms with Crippen LogP contribution in [0.5, 0.6) is 0 Å². The summed E-state index contributed by atoms with van der Waals surface area (Å²) in [6.07, 6.45) is 0.738. The Morgan fingerprint density at radius 2 is 1.92 bits per heavy atom. The molecule has 1 aromatic heterocycles. The van der Waals surface area contributed by atoms with Crippen molar-refractivity contribution in [2.45, 2.75) is 17.4 Å². The lowest BCUT2D eigenvalue weighted by Crippen LogP contribution is -2.34. The van der Waals surface area contributed by atoms with E-state index < -0.39 is 21.7 Å². The van der Waals surface area contributed by atoms with Gasteiger partial charge >= 0.3 is 0 Å². The van der Waals surface area contributed by atoms with Crippen LogP contribution in [0.4, 0.5) is 8.78 Å². The lowest BCUT2D eigenvalue weighted by Gasteiger charge is -2.20. The van der Waals surface area contributed by atoms with E-state index in [-0.39, 0.29) is 11.3 Å². The third kappa shape index (κ3) is 4.36. The fraction of sp³-hybridized carbons (Fsp3) is 0.375. The molecule has 1 aromatic carbocycles. The van der Waals surface area contributed by atoms with Crippen molar-refractivity contribution in [2.75, 3.05) is 18.8 Å². The van der Waals surface area contributed by atoms with Crippen molar-refractivity contribution in [1.29, 1.82) is 0 Å². The maximum atomic E-state index is 13.3. The van der Waals surface area contributed by atoms with E-state index in [4.69, 9.17) is 0 Å². The van der Waals surface area contributed by atoms with Gasteiger partial charge in [0, 0.05) is 35.0 Å². The SMILES string of the molecule is O=S(=O)(Cc1cc(F)cc(F)c1)N1CCSC(c2cccs2)CC1. The molecule has 3 nitrogen and oxygen atoms in total. The van der Waals surface area contributed by atoms with Crippen LogP contribution in [-0.4, -0.2) is 31.6 Å². The zero-order valence-corrected chi connectivity index (χ0v) is 15.3. The minimum Gasteiger partial charge on any atom is -0.212 e. The van der Waals surface area contributed by atoms with Crippen molar-refractivity contribution in [3.8, 4) is 0 Å². The predicted molar refractivity (Wildman–Crippen MR) is 94.7 cm³/mol. The number of hydrogen-bond donors (Lipinski definition) is 0. The van der Waals surface area contributed by atoms with E-state index >= 15 is 0 Å². The summed E-state index contributed by atoms with van der Waals surface area (Å²) < 4.78 is 53.2. The summed E-state index contributed by atoms with van der Waals surface area (Å²) in [6.45, 7) is 0.850. The summed E-state index contributed by atoms with van der Waals surface area (Å²) in [5.74, 6) is -1.19. The molecule has 0 amide bonds. The van der Waals surface area contributed by atoms with Crippen molar-refractivity contribution in [2.24, 2.45) is 0 Å². The molecule has 0 saturated carbocycles. The van der Waals surface area contributed by atoms with Crippen LogP contribution < -0.4 is 0 Å². The van der Waals surface area contributed by atoms with Crippen molar-refractivity contribution in [3.63, 3.8) is 0 Å². The molecule has 0 aliphatic carbocycles. The number of thioether (sulfide) groups is 1. The molecule has 1 fully saturated rings. The van der Waals surface area contributed by atoms with Crippen LogP contribution in [0, 0.1) is 11.6 Å². The smallest absolute Gasteiger partial charge is 0.212 e. The number of hydrogen-bond acceptors (Lipinski definition) is 4. The number of benzene rings is 1. The highest BCUT2D eigenvalue weighted by atomic mass is 32.2. The fourth-order valence-electron chi connectivity index (χ4n) is 2.73. The molecule has 2 aromatic rings. The Morgan fingerprint density at radius 3 is 2.58 bits per heavy atom. The highest BCUT2D eigenvalue weighted by Gasteiger charge is 2.27. The number of halogens is 2. The van der Waals surface area contributed by atoms with Gasteiger partial charge in [-0.2, -0.15) is 11.8 Å². The maximum absolute atomic E-state index is 13.3. The summed E-state index contributed by atoms with van der Waals surface area (Å²) >= 11 is 3.44. The van der Waals surface area contributed by atoms with Gasteiger partial charge in [-0.15, -0.1) is 11.3 Å². The van der Waals surface area contributed by atoms with Gasteiger partial charge in [0.25, 0.3) is 0 Å². The highest BCUT2D eigenvalue weighted by Crippen LogP contribution is 2.37. The molecule has 0 spiro atoms. The molecule has 0 radical (unpaired) electrons. The Balaban J connectivity index is 1.70. The third-order valence-electron chi connectivity index (χ3n) is 3.83. The average Bonchev–Trinajstić information content (AvgIpc) is 2.89.